The third-order valence-corrected chi connectivity index (χ3v) is 1.24. The minimum atomic E-state index is 0.262. The molecule has 1 unspecified atom stereocenters. The standard InChI is InChI=1S/C4H13NOSi/c1-2-4(5)3-6-7/h4H,2-3,5H2,1,7H3. The van der Waals surface area contributed by atoms with Gasteiger partial charge in [0.2, 0.25) is 0 Å². The van der Waals surface area contributed by atoms with Crippen LogP contribution in [0.1, 0.15) is 13.3 Å². The van der Waals surface area contributed by atoms with Crippen LogP contribution in [0, 0.1) is 0 Å². The Labute approximate surface area is 47.6 Å². The SMILES string of the molecule is CCC(N)CO[SiH3]. The zero-order valence-corrected chi connectivity index (χ0v) is 6.98. The fraction of sp³-hybridized carbons (Fsp3) is 1.00. The Morgan fingerprint density at radius 2 is 2.43 bits per heavy atom. The van der Waals surface area contributed by atoms with Gasteiger partial charge in [0, 0.05) is 12.6 Å². The molecule has 2 nitrogen and oxygen atoms in total. The molecule has 0 fully saturated rings. The van der Waals surface area contributed by atoms with Crippen LogP contribution in [0.15, 0.2) is 0 Å². The summed E-state index contributed by atoms with van der Waals surface area (Å²) in [6.45, 7) is 2.80. The van der Waals surface area contributed by atoms with Gasteiger partial charge in [-0.05, 0) is 6.42 Å². The highest BCUT2D eigenvalue weighted by Gasteiger charge is 1.92. The van der Waals surface area contributed by atoms with Crippen LogP contribution in [0.3, 0.4) is 0 Å². The molecule has 2 N–H and O–H groups in total. The molecular formula is C4H13NOSi. The summed E-state index contributed by atoms with van der Waals surface area (Å²) in [5, 5.41) is 0. The highest BCUT2D eigenvalue weighted by atomic mass is 28.2. The fourth-order valence-electron chi connectivity index (χ4n) is 0.332. The highest BCUT2D eigenvalue weighted by molar-refractivity contribution is 5.97. The lowest BCUT2D eigenvalue weighted by Crippen LogP contribution is -2.24. The first-order valence-corrected chi connectivity index (χ1v) is 3.37. The first-order valence-electron chi connectivity index (χ1n) is 2.55. The van der Waals surface area contributed by atoms with E-state index in [9.17, 15) is 0 Å². The molecule has 0 aromatic heterocycles. The monoisotopic (exact) mass is 119 g/mol. The summed E-state index contributed by atoms with van der Waals surface area (Å²) in [5.41, 5.74) is 5.48. The molecule has 44 valence electrons. The Bertz CT molecular complexity index is 42.7. The molecule has 0 aliphatic rings. The minimum Gasteiger partial charge on any atom is -0.426 e. The van der Waals surface area contributed by atoms with Crippen molar-refractivity contribution in [1.82, 2.24) is 0 Å². The van der Waals surface area contributed by atoms with E-state index in [0.717, 1.165) is 23.5 Å². The molecule has 0 saturated carbocycles. The van der Waals surface area contributed by atoms with Crippen LogP contribution < -0.4 is 5.73 Å². The second-order valence-electron chi connectivity index (χ2n) is 1.62. The van der Waals surface area contributed by atoms with E-state index < -0.39 is 0 Å². The van der Waals surface area contributed by atoms with Crippen molar-refractivity contribution < 1.29 is 4.43 Å². The van der Waals surface area contributed by atoms with E-state index in [1.807, 2.05) is 0 Å². The van der Waals surface area contributed by atoms with E-state index in [0.29, 0.717) is 0 Å². The summed E-state index contributed by atoms with van der Waals surface area (Å²) >= 11 is 0. The lowest BCUT2D eigenvalue weighted by atomic mass is 10.3. The predicted octanol–water partition coefficient (Wildman–Crippen LogP) is -0.979. The molecule has 0 aromatic rings. The van der Waals surface area contributed by atoms with Gasteiger partial charge in [0.15, 0.2) is 0 Å². The van der Waals surface area contributed by atoms with Crippen LogP contribution in [0.25, 0.3) is 0 Å². The van der Waals surface area contributed by atoms with Gasteiger partial charge in [-0.3, -0.25) is 0 Å². The second-order valence-corrected chi connectivity index (χ2v) is 2.20. The van der Waals surface area contributed by atoms with Crippen molar-refractivity contribution in [3.05, 3.63) is 0 Å². The van der Waals surface area contributed by atoms with Gasteiger partial charge in [-0.25, -0.2) is 0 Å². The van der Waals surface area contributed by atoms with E-state index in [1.54, 1.807) is 0 Å². The maximum atomic E-state index is 5.48. The highest BCUT2D eigenvalue weighted by Crippen LogP contribution is 1.83. The molecule has 0 spiro atoms. The maximum Gasteiger partial charge on any atom is 0.146 e. The minimum absolute atomic E-state index is 0.262. The lowest BCUT2D eigenvalue weighted by Gasteiger charge is -2.04. The number of rotatable bonds is 3. The van der Waals surface area contributed by atoms with Crippen molar-refractivity contribution in [3.63, 3.8) is 0 Å². The van der Waals surface area contributed by atoms with E-state index in [4.69, 9.17) is 10.2 Å². The van der Waals surface area contributed by atoms with Gasteiger partial charge in [0.1, 0.15) is 10.5 Å². The summed E-state index contributed by atoms with van der Waals surface area (Å²) in [7, 11) is 0.811. The van der Waals surface area contributed by atoms with Gasteiger partial charge in [-0.15, -0.1) is 0 Å². The van der Waals surface area contributed by atoms with Gasteiger partial charge in [0.25, 0.3) is 0 Å². The fourth-order valence-corrected chi connectivity index (χ4v) is 0.760. The van der Waals surface area contributed by atoms with Crippen LogP contribution in [0.2, 0.25) is 0 Å². The summed E-state index contributed by atoms with van der Waals surface area (Å²) in [6.07, 6.45) is 1.02. The molecule has 0 aliphatic heterocycles. The van der Waals surface area contributed by atoms with Crippen LogP contribution in [0.5, 0.6) is 0 Å². The summed E-state index contributed by atoms with van der Waals surface area (Å²) in [4.78, 5) is 0. The summed E-state index contributed by atoms with van der Waals surface area (Å²) in [5.74, 6) is 0. The van der Waals surface area contributed by atoms with E-state index >= 15 is 0 Å². The molecule has 1 atom stereocenters. The van der Waals surface area contributed by atoms with Crippen LogP contribution >= 0.6 is 0 Å². The Kier molecular flexibility index (Phi) is 4.38. The van der Waals surface area contributed by atoms with Crippen molar-refractivity contribution in [1.29, 1.82) is 0 Å². The van der Waals surface area contributed by atoms with Gasteiger partial charge >= 0.3 is 0 Å². The number of hydrogen-bond donors (Lipinski definition) is 1. The third kappa shape index (κ3) is 3.98. The number of hydrogen-bond acceptors (Lipinski definition) is 2. The second kappa shape index (κ2) is 4.30. The zero-order valence-electron chi connectivity index (χ0n) is 4.98. The maximum absolute atomic E-state index is 5.48. The molecule has 0 bridgehead atoms. The lowest BCUT2D eigenvalue weighted by molar-refractivity contribution is 0.311. The van der Waals surface area contributed by atoms with Gasteiger partial charge < -0.3 is 10.2 Å². The summed E-state index contributed by atoms with van der Waals surface area (Å²) in [6, 6.07) is 0.262. The van der Waals surface area contributed by atoms with Gasteiger partial charge in [-0.1, -0.05) is 6.92 Å². The van der Waals surface area contributed by atoms with Gasteiger partial charge in [-0.2, -0.15) is 0 Å². The van der Waals surface area contributed by atoms with Crippen LogP contribution in [0.4, 0.5) is 0 Å². The largest absolute Gasteiger partial charge is 0.426 e. The Morgan fingerprint density at radius 1 is 1.86 bits per heavy atom. The Balaban J connectivity index is 2.83. The Hall–Kier alpha value is 0.137. The Morgan fingerprint density at radius 3 is 2.57 bits per heavy atom. The molecule has 0 heterocycles. The van der Waals surface area contributed by atoms with Crippen LogP contribution in [-0.4, -0.2) is 23.1 Å². The quantitative estimate of drug-likeness (QED) is 0.485. The normalized spacial score (nSPS) is 14.6. The average Bonchev–Trinajstić information content (AvgIpc) is 1.68. The molecule has 0 amide bonds. The van der Waals surface area contributed by atoms with Crippen molar-refractivity contribution >= 4 is 10.5 Å². The van der Waals surface area contributed by atoms with Gasteiger partial charge in [0.05, 0.1) is 0 Å². The molecule has 3 heteroatoms. The molecule has 0 radical (unpaired) electrons. The molecule has 0 aromatic carbocycles. The summed E-state index contributed by atoms with van der Waals surface area (Å²) < 4.78 is 4.91. The van der Waals surface area contributed by atoms with E-state index in [1.165, 1.54) is 0 Å². The zero-order chi connectivity index (χ0) is 5.70. The van der Waals surface area contributed by atoms with E-state index in [-0.39, 0.29) is 6.04 Å². The first kappa shape index (κ1) is 7.14. The van der Waals surface area contributed by atoms with Crippen molar-refractivity contribution in [2.24, 2.45) is 5.73 Å². The van der Waals surface area contributed by atoms with Crippen molar-refractivity contribution in [3.8, 4) is 0 Å². The molecule has 0 aliphatic carbocycles. The predicted molar refractivity (Wildman–Crippen MR) is 34.2 cm³/mol. The smallest absolute Gasteiger partial charge is 0.146 e. The van der Waals surface area contributed by atoms with Crippen molar-refractivity contribution in [2.75, 3.05) is 6.61 Å². The first-order chi connectivity index (χ1) is 3.31. The molecule has 7 heavy (non-hydrogen) atoms. The van der Waals surface area contributed by atoms with Crippen LogP contribution in [-0.2, 0) is 4.43 Å². The topological polar surface area (TPSA) is 35.2 Å². The molecule has 0 rings (SSSR count). The molecule has 0 saturated heterocycles. The molecular weight excluding hydrogens is 106 g/mol. The number of nitrogens with two attached hydrogens (primary N) is 1. The third-order valence-electron chi connectivity index (χ3n) is 0.905. The van der Waals surface area contributed by atoms with E-state index in [2.05, 4.69) is 6.92 Å². The average molecular weight is 119 g/mol. The van der Waals surface area contributed by atoms with Crippen molar-refractivity contribution in [2.45, 2.75) is 19.4 Å².